The molecule has 4 nitrogen and oxygen atoms in total. The van der Waals surface area contributed by atoms with Gasteiger partial charge in [-0.2, -0.15) is 0 Å². The Hall–Kier alpha value is -2.07. The first-order chi connectivity index (χ1) is 11.6. The Labute approximate surface area is 147 Å². The zero-order valence-electron chi connectivity index (χ0n) is 13.7. The molecule has 1 aliphatic rings. The number of pyridine rings is 1. The topological polar surface area (TPSA) is 51.2 Å². The third-order valence-corrected chi connectivity index (χ3v) is 4.81. The number of amides is 1. The smallest absolute Gasteiger partial charge is 0.230 e. The van der Waals surface area contributed by atoms with Gasteiger partial charge in [0.15, 0.2) is 0 Å². The molecule has 0 radical (unpaired) electrons. The lowest BCUT2D eigenvalue weighted by atomic mass is 9.64. The Kier molecular flexibility index (Phi) is 5.05. The monoisotopic (exact) mass is 344 g/mol. The molecule has 1 amide bonds. The van der Waals surface area contributed by atoms with Crippen molar-refractivity contribution < 1.29 is 9.53 Å². The second kappa shape index (κ2) is 7.22. The number of nitrogens with zero attached hydrogens (tertiary/aromatic N) is 1. The number of benzene rings is 1. The average molecular weight is 345 g/mol. The van der Waals surface area contributed by atoms with E-state index in [1.807, 2.05) is 43.3 Å². The predicted octanol–water partition coefficient (Wildman–Crippen LogP) is 3.74. The van der Waals surface area contributed by atoms with E-state index in [0.717, 1.165) is 24.8 Å². The van der Waals surface area contributed by atoms with Gasteiger partial charge in [-0.15, -0.1) is 0 Å². The van der Waals surface area contributed by atoms with Gasteiger partial charge in [0.2, 0.25) is 5.91 Å². The summed E-state index contributed by atoms with van der Waals surface area (Å²) in [6.45, 7) is 2.39. The number of hydrogen-bond donors (Lipinski definition) is 1. The summed E-state index contributed by atoms with van der Waals surface area (Å²) in [4.78, 5) is 16.8. The van der Waals surface area contributed by atoms with E-state index in [9.17, 15) is 4.79 Å². The van der Waals surface area contributed by atoms with Crippen LogP contribution in [0.4, 0.5) is 0 Å². The largest absolute Gasteiger partial charge is 0.487 e. The third-order valence-electron chi connectivity index (χ3n) is 4.56. The van der Waals surface area contributed by atoms with Crippen LogP contribution in [0.2, 0.25) is 5.02 Å². The molecule has 0 unspecified atom stereocenters. The molecule has 0 aliphatic heterocycles. The standard InChI is InChI=1S/C19H21ClN2O2/c1-14(24-17-4-2-11-21-13-17)12-22-18(23)19(9-3-10-19)15-5-7-16(20)8-6-15/h2,4-8,11,13-14H,3,9-10,12H2,1H3,(H,22,23)/t14-/m0/s1. The van der Waals surface area contributed by atoms with Gasteiger partial charge >= 0.3 is 0 Å². The van der Waals surface area contributed by atoms with Crippen LogP contribution in [0.25, 0.3) is 0 Å². The lowest BCUT2D eigenvalue weighted by Crippen LogP contribution is -2.50. The number of halogens is 1. The minimum Gasteiger partial charge on any atom is -0.487 e. The van der Waals surface area contributed by atoms with Gasteiger partial charge in [0.05, 0.1) is 18.2 Å². The van der Waals surface area contributed by atoms with Crippen molar-refractivity contribution >= 4 is 17.5 Å². The van der Waals surface area contributed by atoms with Crippen LogP contribution in [0, 0.1) is 0 Å². The van der Waals surface area contributed by atoms with E-state index in [4.69, 9.17) is 16.3 Å². The molecule has 24 heavy (non-hydrogen) atoms. The van der Waals surface area contributed by atoms with Gasteiger partial charge in [-0.05, 0) is 49.6 Å². The summed E-state index contributed by atoms with van der Waals surface area (Å²) in [6.07, 6.45) is 6.06. The Morgan fingerprint density at radius 2 is 2.08 bits per heavy atom. The van der Waals surface area contributed by atoms with Crippen LogP contribution in [0.1, 0.15) is 31.7 Å². The second-order valence-electron chi connectivity index (χ2n) is 6.27. The highest BCUT2D eigenvalue weighted by molar-refractivity contribution is 6.30. The number of carbonyl (C=O) groups excluding carboxylic acids is 1. The summed E-state index contributed by atoms with van der Waals surface area (Å²) >= 11 is 5.96. The van der Waals surface area contributed by atoms with Gasteiger partial charge in [0.25, 0.3) is 0 Å². The van der Waals surface area contributed by atoms with Crippen molar-refractivity contribution in [2.45, 2.75) is 37.7 Å². The number of hydrogen-bond acceptors (Lipinski definition) is 3. The quantitative estimate of drug-likeness (QED) is 0.868. The molecule has 1 aromatic heterocycles. The van der Waals surface area contributed by atoms with Crippen molar-refractivity contribution in [3.63, 3.8) is 0 Å². The molecule has 1 N–H and O–H groups in total. The van der Waals surface area contributed by atoms with E-state index in [-0.39, 0.29) is 12.0 Å². The van der Waals surface area contributed by atoms with Crippen molar-refractivity contribution in [1.29, 1.82) is 0 Å². The van der Waals surface area contributed by atoms with Crippen molar-refractivity contribution in [2.24, 2.45) is 0 Å². The lowest BCUT2D eigenvalue weighted by molar-refractivity contribution is -0.130. The van der Waals surface area contributed by atoms with Crippen LogP contribution in [0.3, 0.4) is 0 Å². The molecule has 2 aromatic rings. The molecule has 1 atom stereocenters. The fourth-order valence-corrected chi connectivity index (χ4v) is 3.17. The Bertz CT molecular complexity index is 684. The van der Waals surface area contributed by atoms with Gasteiger partial charge in [-0.3, -0.25) is 9.78 Å². The summed E-state index contributed by atoms with van der Waals surface area (Å²) in [5.41, 5.74) is 0.620. The minimum absolute atomic E-state index is 0.0673. The van der Waals surface area contributed by atoms with Gasteiger partial charge in [-0.25, -0.2) is 0 Å². The van der Waals surface area contributed by atoms with Crippen LogP contribution in [-0.4, -0.2) is 23.5 Å². The molecule has 1 aromatic carbocycles. The summed E-state index contributed by atoms with van der Waals surface area (Å²) in [5.74, 6) is 0.771. The summed E-state index contributed by atoms with van der Waals surface area (Å²) in [6, 6.07) is 11.3. The zero-order chi connectivity index (χ0) is 17.0. The molecule has 1 saturated carbocycles. The third kappa shape index (κ3) is 3.54. The molecule has 3 rings (SSSR count). The van der Waals surface area contributed by atoms with Crippen molar-refractivity contribution in [3.8, 4) is 5.75 Å². The van der Waals surface area contributed by atoms with Crippen LogP contribution in [-0.2, 0) is 10.2 Å². The SMILES string of the molecule is C[C@@H](CNC(=O)C1(c2ccc(Cl)cc2)CCC1)Oc1cccnc1. The van der Waals surface area contributed by atoms with E-state index in [1.54, 1.807) is 12.4 Å². The van der Waals surface area contributed by atoms with Gasteiger partial charge in [-0.1, -0.05) is 30.2 Å². The van der Waals surface area contributed by atoms with Crippen molar-refractivity contribution in [3.05, 3.63) is 59.4 Å². The van der Waals surface area contributed by atoms with Crippen molar-refractivity contribution in [1.82, 2.24) is 10.3 Å². The van der Waals surface area contributed by atoms with Crippen LogP contribution in [0.5, 0.6) is 5.75 Å². The maximum atomic E-state index is 12.8. The highest BCUT2D eigenvalue weighted by atomic mass is 35.5. The van der Waals surface area contributed by atoms with Gasteiger partial charge < -0.3 is 10.1 Å². The number of rotatable bonds is 6. The number of aromatic nitrogens is 1. The van der Waals surface area contributed by atoms with Crippen LogP contribution in [0.15, 0.2) is 48.8 Å². The maximum Gasteiger partial charge on any atom is 0.230 e. The normalized spacial score (nSPS) is 16.8. The molecule has 1 fully saturated rings. The van der Waals surface area contributed by atoms with E-state index in [2.05, 4.69) is 10.3 Å². The summed E-state index contributed by atoms with van der Waals surface area (Å²) in [5, 5.41) is 3.73. The summed E-state index contributed by atoms with van der Waals surface area (Å²) in [7, 11) is 0. The van der Waals surface area contributed by atoms with Crippen molar-refractivity contribution in [2.75, 3.05) is 6.54 Å². The van der Waals surface area contributed by atoms with E-state index < -0.39 is 5.41 Å². The fourth-order valence-electron chi connectivity index (χ4n) is 3.04. The molecule has 126 valence electrons. The van der Waals surface area contributed by atoms with E-state index in [0.29, 0.717) is 17.3 Å². The minimum atomic E-state index is -0.418. The van der Waals surface area contributed by atoms with Gasteiger partial charge in [0, 0.05) is 11.2 Å². The molecule has 1 aliphatic carbocycles. The predicted molar refractivity (Wildman–Crippen MR) is 94.3 cm³/mol. The average Bonchev–Trinajstić information content (AvgIpc) is 2.54. The molecular weight excluding hydrogens is 324 g/mol. The Morgan fingerprint density at radius 1 is 1.33 bits per heavy atom. The number of ether oxygens (including phenoxy) is 1. The fraction of sp³-hybridized carbons (Fsp3) is 0.368. The maximum absolute atomic E-state index is 12.8. The van der Waals surface area contributed by atoms with Crippen LogP contribution >= 0.6 is 11.6 Å². The highest BCUT2D eigenvalue weighted by Gasteiger charge is 2.45. The molecule has 0 bridgehead atoms. The molecule has 0 saturated heterocycles. The van der Waals surface area contributed by atoms with Gasteiger partial charge in [0.1, 0.15) is 11.9 Å². The first-order valence-corrected chi connectivity index (χ1v) is 8.59. The second-order valence-corrected chi connectivity index (χ2v) is 6.71. The zero-order valence-corrected chi connectivity index (χ0v) is 14.4. The van der Waals surface area contributed by atoms with E-state index in [1.165, 1.54) is 0 Å². The number of nitrogens with one attached hydrogen (secondary N) is 1. The highest BCUT2D eigenvalue weighted by Crippen LogP contribution is 2.44. The molecule has 0 spiro atoms. The van der Waals surface area contributed by atoms with Crippen LogP contribution < -0.4 is 10.1 Å². The van der Waals surface area contributed by atoms with E-state index >= 15 is 0 Å². The first kappa shape index (κ1) is 16.8. The first-order valence-electron chi connectivity index (χ1n) is 8.21. The Balaban J connectivity index is 1.60. The molecule has 1 heterocycles. The summed E-state index contributed by atoms with van der Waals surface area (Å²) < 4.78 is 5.76. The Morgan fingerprint density at radius 3 is 2.67 bits per heavy atom. The number of carbonyl (C=O) groups is 1. The molecule has 5 heteroatoms. The molecular formula is C19H21ClN2O2. The lowest BCUT2D eigenvalue weighted by Gasteiger charge is -2.41.